The summed E-state index contributed by atoms with van der Waals surface area (Å²) in [6, 6.07) is 9.41. The largest absolute Gasteiger partial charge is 0.465 e. The molecule has 0 aliphatic carbocycles. The second-order valence-electron chi connectivity index (χ2n) is 6.33. The van der Waals surface area contributed by atoms with Crippen molar-refractivity contribution in [2.75, 3.05) is 20.2 Å². The highest BCUT2D eigenvalue weighted by Gasteiger charge is 2.35. The lowest BCUT2D eigenvalue weighted by Gasteiger charge is -2.30. The Kier molecular flexibility index (Phi) is 5.02. The van der Waals surface area contributed by atoms with E-state index in [9.17, 15) is 13.2 Å². The Hall–Kier alpha value is -1.81. The molecule has 1 aliphatic heterocycles. The average molecular weight is 423 g/mol. The van der Waals surface area contributed by atoms with Crippen LogP contribution in [0.15, 0.2) is 40.6 Å². The van der Waals surface area contributed by atoms with Crippen LogP contribution < -0.4 is 0 Å². The van der Waals surface area contributed by atoms with Gasteiger partial charge in [-0.25, -0.2) is 18.2 Å². The van der Waals surface area contributed by atoms with E-state index >= 15 is 0 Å². The fourth-order valence-corrected chi connectivity index (χ4v) is 7.23. The number of sulfonamides is 1. The van der Waals surface area contributed by atoms with Crippen LogP contribution in [-0.4, -0.2) is 43.9 Å². The Labute approximate surface area is 165 Å². The lowest BCUT2D eigenvalue weighted by atomic mass is 10.0. The number of hydrogen-bond acceptors (Lipinski definition) is 7. The molecule has 2 aromatic heterocycles. The van der Waals surface area contributed by atoms with Gasteiger partial charge in [-0.15, -0.1) is 22.7 Å². The third-order valence-electron chi connectivity index (χ3n) is 4.66. The van der Waals surface area contributed by atoms with E-state index in [0.29, 0.717) is 13.1 Å². The van der Waals surface area contributed by atoms with Gasteiger partial charge in [-0.1, -0.05) is 12.1 Å². The van der Waals surface area contributed by atoms with Gasteiger partial charge in [0.05, 0.1) is 22.3 Å². The van der Waals surface area contributed by atoms with Crippen molar-refractivity contribution in [3.05, 3.63) is 45.6 Å². The molecule has 142 valence electrons. The van der Waals surface area contributed by atoms with Crippen molar-refractivity contribution in [1.82, 2.24) is 9.29 Å². The second-order valence-corrected chi connectivity index (χ2v) is 10.2. The van der Waals surface area contributed by atoms with Gasteiger partial charge in [0, 0.05) is 19.0 Å². The van der Waals surface area contributed by atoms with Crippen molar-refractivity contribution in [2.45, 2.75) is 23.7 Å². The maximum atomic E-state index is 13.1. The van der Waals surface area contributed by atoms with Crippen molar-refractivity contribution in [3.8, 4) is 0 Å². The van der Waals surface area contributed by atoms with Gasteiger partial charge in [0.1, 0.15) is 9.77 Å². The minimum Gasteiger partial charge on any atom is -0.465 e. The van der Waals surface area contributed by atoms with E-state index < -0.39 is 16.0 Å². The molecule has 27 heavy (non-hydrogen) atoms. The molecule has 0 amide bonds. The van der Waals surface area contributed by atoms with Crippen LogP contribution in [0.1, 0.15) is 33.4 Å². The summed E-state index contributed by atoms with van der Waals surface area (Å²) in [5.74, 6) is -0.561. The summed E-state index contributed by atoms with van der Waals surface area (Å²) in [6.45, 7) is 0.818. The highest BCUT2D eigenvalue weighted by Crippen LogP contribution is 2.35. The first-order chi connectivity index (χ1) is 13.0. The molecule has 3 heterocycles. The molecule has 0 saturated carbocycles. The molecule has 9 heteroatoms. The minimum atomic E-state index is -3.76. The monoisotopic (exact) mass is 422 g/mol. The predicted octanol–water partition coefficient (Wildman–Crippen LogP) is 3.71. The molecule has 4 rings (SSSR count). The number of thiophene rings is 1. The molecule has 1 aliphatic rings. The first-order valence-corrected chi connectivity index (χ1v) is 11.7. The summed E-state index contributed by atoms with van der Waals surface area (Å²) >= 11 is 2.70. The topological polar surface area (TPSA) is 76.6 Å². The standard InChI is InChI=1S/C18H18N2O4S3/c1-24-18(21)16-15(8-10-25-16)27(22,23)20-9-4-5-12(11-20)17-19-13-6-2-3-7-14(13)26-17/h2-3,6-8,10,12H,4-5,9,11H2,1H3/t12-/m1/s1. The molecule has 1 saturated heterocycles. The van der Waals surface area contributed by atoms with Gasteiger partial charge in [-0.2, -0.15) is 4.31 Å². The number of rotatable bonds is 4. The molecule has 0 unspecified atom stereocenters. The van der Waals surface area contributed by atoms with E-state index in [4.69, 9.17) is 9.72 Å². The molecular formula is C18H18N2O4S3. The van der Waals surface area contributed by atoms with Crippen LogP contribution in [0.2, 0.25) is 0 Å². The Bertz CT molecular complexity index is 1050. The zero-order valence-corrected chi connectivity index (χ0v) is 17.1. The molecule has 0 bridgehead atoms. The normalized spacial score (nSPS) is 18.6. The van der Waals surface area contributed by atoms with Crippen LogP contribution in [0.3, 0.4) is 0 Å². The smallest absolute Gasteiger partial charge is 0.349 e. The first-order valence-electron chi connectivity index (χ1n) is 8.52. The number of methoxy groups -OCH3 is 1. The summed E-state index contributed by atoms with van der Waals surface area (Å²) in [5, 5.41) is 2.57. The van der Waals surface area contributed by atoms with Gasteiger partial charge in [0.25, 0.3) is 0 Å². The van der Waals surface area contributed by atoms with Crippen molar-refractivity contribution >= 4 is 48.9 Å². The number of piperidine rings is 1. The molecule has 0 N–H and O–H groups in total. The zero-order chi connectivity index (χ0) is 19.0. The highest BCUT2D eigenvalue weighted by molar-refractivity contribution is 7.89. The molecule has 0 spiro atoms. The quantitative estimate of drug-likeness (QED) is 0.599. The van der Waals surface area contributed by atoms with Gasteiger partial charge in [0.2, 0.25) is 10.0 Å². The van der Waals surface area contributed by atoms with Gasteiger partial charge in [0.15, 0.2) is 0 Å². The number of hydrogen-bond donors (Lipinski definition) is 0. The van der Waals surface area contributed by atoms with E-state index in [1.54, 1.807) is 16.7 Å². The Morgan fingerprint density at radius 1 is 1.30 bits per heavy atom. The number of carbonyl (C=O) groups excluding carboxylic acids is 1. The third-order valence-corrected chi connectivity index (χ3v) is 8.79. The van der Waals surface area contributed by atoms with Crippen molar-refractivity contribution in [1.29, 1.82) is 0 Å². The fourth-order valence-electron chi connectivity index (χ4n) is 3.31. The Morgan fingerprint density at radius 2 is 2.11 bits per heavy atom. The number of benzene rings is 1. The number of para-hydroxylation sites is 1. The number of fused-ring (bicyclic) bond motifs is 1. The zero-order valence-electron chi connectivity index (χ0n) is 14.6. The predicted molar refractivity (Wildman–Crippen MR) is 106 cm³/mol. The third kappa shape index (κ3) is 3.40. The van der Waals surface area contributed by atoms with E-state index in [1.807, 2.05) is 24.3 Å². The van der Waals surface area contributed by atoms with Gasteiger partial charge in [-0.05, 0) is 36.4 Å². The molecule has 3 aromatic rings. The summed E-state index contributed by atoms with van der Waals surface area (Å²) in [6.07, 6.45) is 1.66. The second kappa shape index (κ2) is 7.31. The molecule has 6 nitrogen and oxygen atoms in total. The number of thiazole rings is 1. The maximum Gasteiger partial charge on any atom is 0.349 e. The number of aromatic nitrogens is 1. The first kappa shape index (κ1) is 18.5. The van der Waals surface area contributed by atoms with Crippen LogP contribution in [0.25, 0.3) is 10.2 Å². The van der Waals surface area contributed by atoms with E-state index in [0.717, 1.165) is 39.4 Å². The number of ether oxygens (including phenoxy) is 1. The molecular weight excluding hydrogens is 404 g/mol. The van der Waals surface area contributed by atoms with E-state index in [2.05, 4.69) is 0 Å². The average Bonchev–Trinajstić information content (AvgIpc) is 3.34. The minimum absolute atomic E-state index is 0.0318. The number of esters is 1. The molecule has 1 atom stereocenters. The summed E-state index contributed by atoms with van der Waals surface area (Å²) in [5.41, 5.74) is 0.947. The Morgan fingerprint density at radius 3 is 2.89 bits per heavy atom. The van der Waals surface area contributed by atoms with Gasteiger partial charge < -0.3 is 4.74 Å². The van der Waals surface area contributed by atoms with Crippen LogP contribution in [0.4, 0.5) is 0 Å². The lowest BCUT2D eigenvalue weighted by Crippen LogP contribution is -2.39. The fraction of sp³-hybridized carbons (Fsp3) is 0.333. The maximum absolute atomic E-state index is 13.1. The van der Waals surface area contributed by atoms with Crippen LogP contribution >= 0.6 is 22.7 Å². The summed E-state index contributed by atoms with van der Waals surface area (Å²) in [4.78, 5) is 16.8. The highest BCUT2D eigenvalue weighted by atomic mass is 32.2. The number of carbonyl (C=O) groups is 1. The number of nitrogens with zero attached hydrogens (tertiary/aromatic N) is 2. The van der Waals surface area contributed by atoms with Crippen molar-refractivity contribution in [2.24, 2.45) is 0 Å². The van der Waals surface area contributed by atoms with Crippen molar-refractivity contribution < 1.29 is 17.9 Å². The summed E-state index contributed by atoms with van der Waals surface area (Å²) in [7, 11) is -2.50. The van der Waals surface area contributed by atoms with Gasteiger partial charge in [-0.3, -0.25) is 0 Å². The van der Waals surface area contributed by atoms with Crippen LogP contribution in [0, 0.1) is 0 Å². The Balaban J connectivity index is 1.62. The SMILES string of the molecule is COC(=O)c1sccc1S(=O)(=O)N1CCC[C@@H](c2nc3ccccc3s2)C1. The van der Waals surface area contributed by atoms with Crippen LogP contribution in [-0.2, 0) is 14.8 Å². The van der Waals surface area contributed by atoms with E-state index in [1.165, 1.54) is 17.5 Å². The van der Waals surface area contributed by atoms with Crippen LogP contribution in [0.5, 0.6) is 0 Å². The molecule has 1 fully saturated rings. The van der Waals surface area contributed by atoms with Gasteiger partial charge >= 0.3 is 5.97 Å². The summed E-state index contributed by atoms with van der Waals surface area (Å²) < 4.78 is 33.6. The lowest BCUT2D eigenvalue weighted by molar-refractivity contribution is 0.0602. The molecule has 1 aromatic carbocycles. The van der Waals surface area contributed by atoms with E-state index in [-0.39, 0.29) is 15.7 Å². The molecule has 0 radical (unpaired) electrons. The van der Waals surface area contributed by atoms with Crippen molar-refractivity contribution in [3.63, 3.8) is 0 Å².